The molecule has 0 saturated heterocycles. The fourth-order valence-electron chi connectivity index (χ4n) is 0.895. The van der Waals surface area contributed by atoms with Gasteiger partial charge in [0, 0.05) is 12.4 Å². The van der Waals surface area contributed by atoms with E-state index in [9.17, 15) is 4.79 Å². The minimum absolute atomic E-state index is 0.221. The Morgan fingerprint density at radius 1 is 1.71 bits per heavy atom. The maximum Gasteiger partial charge on any atom is 0.322 e. The van der Waals surface area contributed by atoms with Gasteiger partial charge in [0.2, 0.25) is 0 Å². The van der Waals surface area contributed by atoms with Gasteiger partial charge in [0.1, 0.15) is 4.75 Å². The van der Waals surface area contributed by atoms with E-state index in [1.165, 1.54) is 11.8 Å². The molecule has 0 aliphatic rings. The normalized spacial score (nSPS) is 11.4. The van der Waals surface area contributed by atoms with Crippen molar-refractivity contribution < 1.29 is 9.53 Å². The summed E-state index contributed by atoms with van der Waals surface area (Å²) < 4.78 is 4.35. The summed E-state index contributed by atoms with van der Waals surface area (Å²) in [6.45, 7) is 5.84. The Morgan fingerprint density at radius 3 is 2.93 bits per heavy atom. The summed E-state index contributed by atoms with van der Waals surface area (Å²) in [5.41, 5.74) is 0. The molecule has 4 nitrogen and oxygen atoms in total. The highest BCUT2D eigenvalue weighted by atomic mass is 32.2. The maximum atomic E-state index is 11.5. The lowest BCUT2D eigenvalue weighted by Gasteiger charge is -2.19. The molecule has 0 radical (unpaired) electrons. The average Bonchev–Trinajstić information content (AvgIpc) is 2.56. The first-order valence-corrected chi connectivity index (χ1v) is 5.23. The highest BCUT2D eigenvalue weighted by Crippen LogP contribution is 2.30. The van der Waals surface area contributed by atoms with Crippen LogP contribution in [0.25, 0.3) is 0 Å². The minimum atomic E-state index is -0.603. The third-order valence-corrected chi connectivity index (χ3v) is 2.69. The molecule has 0 atom stereocenters. The lowest BCUT2D eigenvalue weighted by atomic mass is 10.2. The van der Waals surface area contributed by atoms with Crippen LogP contribution in [-0.2, 0) is 9.53 Å². The minimum Gasteiger partial charge on any atom is -0.465 e. The van der Waals surface area contributed by atoms with Crippen molar-refractivity contribution in [3.8, 4) is 0 Å². The van der Waals surface area contributed by atoms with Crippen molar-refractivity contribution in [2.45, 2.75) is 30.7 Å². The number of imidazole rings is 1. The Hall–Kier alpha value is -0.970. The number of nitrogens with one attached hydrogen (secondary N) is 1. The van der Waals surface area contributed by atoms with Crippen molar-refractivity contribution >= 4 is 17.7 Å². The zero-order chi connectivity index (χ0) is 10.6. The molecule has 0 unspecified atom stereocenters. The van der Waals surface area contributed by atoms with Gasteiger partial charge >= 0.3 is 5.97 Å². The summed E-state index contributed by atoms with van der Waals surface area (Å²) in [7, 11) is 0. The highest BCUT2D eigenvalue weighted by molar-refractivity contribution is 8.01. The van der Waals surface area contributed by atoms with Crippen molar-refractivity contribution in [1.82, 2.24) is 9.97 Å². The maximum absolute atomic E-state index is 11.5. The molecule has 1 heterocycles. The fraction of sp³-hybridized carbons (Fsp3) is 0.556. The third-order valence-electron chi connectivity index (χ3n) is 1.59. The van der Waals surface area contributed by atoms with Crippen LogP contribution in [0.4, 0.5) is 0 Å². The van der Waals surface area contributed by atoms with Crippen LogP contribution in [-0.4, -0.2) is 27.3 Å². The van der Waals surface area contributed by atoms with Crippen LogP contribution in [0.3, 0.4) is 0 Å². The number of H-pyrrole nitrogens is 1. The van der Waals surface area contributed by atoms with E-state index in [4.69, 9.17) is 4.74 Å². The highest BCUT2D eigenvalue weighted by Gasteiger charge is 2.31. The van der Waals surface area contributed by atoms with E-state index in [-0.39, 0.29) is 5.97 Å². The van der Waals surface area contributed by atoms with Crippen molar-refractivity contribution in [2.24, 2.45) is 0 Å². The summed E-state index contributed by atoms with van der Waals surface area (Å²) in [6, 6.07) is 0. The molecule has 0 amide bonds. The molecular formula is C9H14N2O2S. The Kier molecular flexibility index (Phi) is 3.57. The van der Waals surface area contributed by atoms with Crippen LogP contribution in [0.2, 0.25) is 0 Å². The van der Waals surface area contributed by atoms with Crippen molar-refractivity contribution in [3.05, 3.63) is 12.4 Å². The van der Waals surface area contributed by atoms with Crippen molar-refractivity contribution in [1.29, 1.82) is 0 Å². The van der Waals surface area contributed by atoms with Gasteiger partial charge in [-0.2, -0.15) is 0 Å². The molecule has 1 rings (SSSR count). The molecule has 78 valence electrons. The standard InChI is InChI=1S/C9H14N2O2S/c1-4-13-7(12)9(2,3)14-8-10-5-6-11-8/h5-6H,4H2,1-3H3,(H,10,11). The fourth-order valence-corrected chi connectivity index (χ4v) is 1.76. The molecule has 1 N–H and O–H groups in total. The van der Waals surface area contributed by atoms with Gasteiger partial charge in [0.05, 0.1) is 6.61 Å². The van der Waals surface area contributed by atoms with Gasteiger partial charge in [0.15, 0.2) is 5.16 Å². The van der Waals surface area contributed by atoms with Crippen LogP contribution >= 0.6 is 11.8 Å². The van der Waals surface area contributed by atoms with Crippen LogP contribution in [0.5, 0.6) is 0 Å². The number of hydrogen-bond donors (Lipinski definition) is 1. The van der Waals surface area contributed by atoms with E-state index < -0.39 is 4.75 Å². The predicted molar refractivity (Wildman–Crippen MR) is 55.2 cm³/mol. The topological polar surface area (TPSA) is 55.0 Å². The molecule has 14 heavy (non-hydrogen) atoms. The van der Waals surface area contributed by atoms with Crippen LogP contribution in [0.15, 0.2) is 17.6 Å². The zero-order valence-corrected chi connectivity index (χ0v) is 9.35. The summed E-state index contributed by atoms with van der Waals surface area (Å²) in [5.74, 6) is -0.221. The summed E-state index contributed by atoms with van der Waals surface area (Å²) >= 11 is 1.36. The summed E-state index contributed by atoms with van der Waals surface area (Å²) in [4.78, 5) is 18.5. The Balaban J connectivity index is 2.61. The first-order chi connectivity index (χ1) is 6.56. The number of rotatable bonds is 4. The molecule has 0 aliphatic carbocycles. The van der Waals surface area contributed by atoms with Gasteiger partial charge in [-0.15, -0.1) is 0 Å². The Bertz CT molecular complexity index is 296. The van der Waals surface area contributed by atoms with E-state index in [0.717, 1.165) is 5.16 Å². The largest absolute Gasteiger partial charge is 0.465 e. The number of ether oxygens (including phenoxy) is 1. The van der Waals surface area contributed by atoms with E-state index in [1.807, 2.05) is 13.8 Å². The van der Waals surface area contributed by atoms with Gasteiger partial charge in [-0.1, -0.05) is 11.8 Å². The second-order valence-corrected chi connectivity index (χ2v) is 4.84. The number of carbonyl (C=O) groups excluding carboxylic acids is 1. The number of carbonyl (C=O) groups is 1. The SMILES string of the molecule is CCOC(=O)C(C)(C)Sc1ncc[nH]1. The molecule has 0 spiro atoms. The molecule has 0 saturated carbocycles. The number of nitrogens with zero attached hydrogens (tertiary/aromatic N) is 1. The predicted octanol–water partition coefficient (Wildman–Crippen LogP) is 1.84. The molecule has 5 heteroatoms. The number of esters is 1. The number of thioether (sulfide) groups is 1. The van der Waals surface area contributed by atoms with Gasteiger partial charge in [0.25, 0.3) is 0 Å². The van der Waals surface area contributed by atoms with Crippen LogP contribution in [0.1, 0.15) is 20.8 Å². The number of aromatic amines is 1. The van der Waals surface area contributed by atoms with E-state index in [2.05, 4.69) is 9.97 Å². The second kappa shape index (κ2) is 4.50. The molecule has 0 bridgehead atoms. The quantitative estimate of drug-likeness (QED) is 0.614. The van der Waals surface area contributed by atoms with Gasteiger partial charge in [-0.3, -0.25) is 4.79 Å². The first-order valence-electron chi connectivity index (χ1n) is 4.42. The molecule has 1 aromatic heterocycles. The van der Waals surface area contributed by atoms with Gasteiger partial charge < -0.3 is 9.72 Å². The van der Waals surface area contributed by atoms with E-state index >= 15 is 0 Å². The zero-order valence-electron chi connectivity index (χ0n) is 8.53. The molecule has 0 fully saturated rings. The molecular weight excluding hydrogens is 200 g/mol. The van der Waals surface area contributed by atoms with Crippen LogP contribution < -0.4 is 0 Å². The van der Waals surface area contributed by atoms with Gasteiger partial charge in [-0.25, -0.2) is 4.98 Å². The number of hydrogen-bond acceptors (Lipinski definition) is 4. The van der Waals surface area contributed by atoms with Crippen LogP contribution in [0, 0.1) is 0 Å². The lowest BCUT2D eigenvalue weighted by Crippen LogP contribution is -2.30. The van der Waals surface area contributed by atoms with Crippen molar-refractivity contribution in [3.63, 3.8) is 0 Å². The molecule has 0 aromatic carbocycles. The first kappa shape index (κ1) is 11.1. The monoisotopic (exact) mass is 214 g/mol. The van der Waals surface area contributed by atoms with E-state index in [0.29, 0.717) is 6.61 Å². The summed E-state index contributed by atoms with van der Waals surface area (Å²) in [5, 5.41) is 0.725. The van der Waals surface area contributed by atoms with E-state index in [1.54, 1.807) is 19.3 Å². The molecule has 0 aliphatic heterocycles. The molecule has 1 aromatic rings. The lowest BCUT2D eigenvalue weighted by molar-refractivity contribution is -0.145. The summed E-state index contributed by atoms with van der Waals surface area (Å²) in [6.07, 6.45) is 3.38. The second-order valence-electron chi connectivity index (χ2n) is 3.23. The van der Waals surface area contributed by atoms with Crippen molar-refractivity contribution in [2.75, 3.05) is 6.61 Å². The Labute approximate surface area is 87.4 Å². The Morgan fingerprint density at radius 2 is 2.43 bits per heavy atom. The van der Waals surface area contributed by atoms with Gasteiger partial charge in [-0.05, 0) is 20.8 Å². The smallest absolute Gasteiger partial charge is 0.322 e. The number of aromatic nitrogens is 2. The average molecular weight is 214 g/mol. The third kappa shape index (κ3) is 2.77.